The molecule has 6 rings (SSSR count). The number of H-pyrrole nitrogens is 2. The quantitative estimate of drug-likeness (QED) is 0.178. The Balaban J connectivity index is 1.11. The van der Waals surface area contributed by atoms with Gasteiger partial charge in [-0.3, -0.25) is 4.79 Å². The van der Waals surface area contributed by atoms with E-state index >= 15 is 0 Å². The molecule has 2 saturated heterocycles. The molecule has 3 N–H and O–H groups in total. The van der Waals surface area contributed by atoms with E-state index < -0.39 is 12.1 Å². The van der Waals surface area contributed by atoms with Crippen molar-refractivity contribution in [3.8, 4) is 33.6 Å². The van der Waals surface area contributed by atoms with Crippen LogP contribution in [0, 0.1) is 5.92 Å². The van der Waals surface area contributed by atoms with E-state index in [9.17, 15) is 14.4 Å². The van der Waals surface area contributed by atoms with Crippen molar-refractivity contribution >= 4 is 18.0 Å². The fourth-order valence-electron chi connectivity index (χ4n) is 6.89. The minimum atomic E-state index is -0.673. The van der Waals surface area contributed by atoms with Crippen LogP contribution in [0.3, 0.4) is 0 Å². The number of urea groups is 1. The minimum absolute atomic E-state index is 0.0439. The second kappa shape index (κ2) is 14.8. The molecule has 2 aliphatic heterocycles. The number of rotatable bonds is 9. The number of likely N-dealkylation sites (tertiary alicyclic amines) is 2. The molecule has 12 heteroatoms. The van der Waals surface area contributed by atoms with Gasteiger partial charge in [0.25, 0.3) is 0 Å². The van der Waals surface area contributed by atoms with Gasteiger partial charge in [0.15, 0.2) is 0 Å². The molecule has 2 aromatic heterocycles. The Morgan fingerprint density at radius 3 is 1.70 bits per heavy atom. The average molecular weight is 681 g/mol. The van der Waals surface area contributed by atoms with E-state index in [0.717, 1.165) is 77.5 Å². The Morgan fingerprint density at radius 2 is 1.24 bits per heavy atom. The number of benzene rings is 2. The maximum absolute atomic E-state index is 13.5. The van der Waals surface area contributed by atoms with E-state index in [1.807, 2.05) is 56.9 Å². The number of aromatic nitrogens is 4. The first-order chi connectivity index (χ1) is 24.0. The van der Waals surface area contributed by atoms with Crippen LogP contribution < -0.4 is 5.32 Å². The molecule has 0 unspecified atom stereocenters. The van der Waals surface area contributed by atoms with E-state index in [0.29, 0.717) is 6.54 Å². The topological polar surface area (TPSA) is 140 Å². The van der Waals surface area contributed by atoms with Crippen molar-refractivity contribution in [2.24, 2.45) is 5.92 Å². The van der Waals surface area contributed by atoms with Gasteiger partial charge < -0.3 is 34.7 Å². The van der Waals surface area contributed by atoms with Crippen LogP contribution in [-0.4, -0.2) is 92.0 Å². The van der Waals surface area contributed by atoms with Gasteiger partial charge in [-0.15, -0.1) is 0 Å². The summed E-state index contributed by atoms with van der Waals surface area (Å²) in [6, 6.07) is 16.0. The van der Waals surface area contributed by atoms with E-state index in [4.69, 9.17) is 4.74 Å². The maximum Gasteiger partial charge on any atom is 0.407 e. The normalized spacial score (nSPS) is 18.2. The zero-order chi connectivity index (χ0) is 35.5. The summed E-state index contributed by atoms with van der Waals surface area (Å²) in [7, 11) is 3.15. The van der Waals surface area contributed by atoms with E-state index in [2.05, 4.69) is 73.8 Å². The molecule has 2 aliphatic rings. The fraction of sp³-hybridized carbons (Fsp3) is 0.447. The molecular weight excluding hydrogens is 632 g/mol. The average Bonchev–Trinajstić information content (AvgIpc) is 3.96. The van der Waals surface area contributed by atoms with Crippen molar-refractivity contribution in [3.63, 3.8) is 0 Å². The Bertz CT molecular complexity index is 1800. The lowest BCUT2D eigenvalue weighted by Gasteiger charge is -2.30. The largest absolute Gasteiger partial charge is 0.453 e. The fourth-order valence-corrected chi connectivity index (χ4v) is 6.89. The number of alkyl carbamates (subject to hydrolysis) is 1. The molecule has 50 heavy (non-hydrogen) atoms. The maximum atomic E-state index is 13.5. The molecule has 0 bridgehead atoms. The Morgan fingerprint density at radius 1 is 0.780 bits per heavy atom. The van der Waals surface area contributed by atoms with Gasteiger partial charge >= 0.3 is 12.1 Å². The third-order valence-electron chi connectivity index (χ3n) is 10.0. The summed E-state index contributed by atoms with van der Waals surface area (Å²) in [5.74, 6) is 1.35. The van der Waals surface area contributed by atoms with Gasteiger partial charge in [-0.2, -0.15) is 0 Å². The van der Waals surface area contributed by atoms with Gasteiger partial charge in [-0.05, 0) is 67.7 Å². The number of aromatic amines is 2. The summed E-state index contributed by atoms with van der Waals surface area (Å²) >= 11 is 0. The molecule has 2 aromatic carbocycles. The van der Waals surface area contributed by atoms with Gasteiger partial charge in [0, 0.05) is 26.2 Å². The van der Waals surface area contributed by atoms with Crippen molar-refractivity contribution in [1.29, 1.82) is 0 Å². The smallest absolute Gasteiger partial charge is 0.407 e. The molecule has 2 fully saturated rings. The van der Waals surface area contributed by atoms with Crippen LogP contribution in [-0.2, 0) is 9.53 Å². The monoisotopic (exact) mass is 680 g/mol. The molecule has 0 spiro atoms. The van der Waals surface area contributed by atoms with Crippen molar-refractivity contribution in [1.82, 2.24) is 40.0 Å². The number of hydrogen-bond donors (Lipinski definition) is 3. The van der Waals surface area contributed by atoms with E-state index in [-0.39, 0.29) is 36.0 Å². The zero-order valence-corrected chi connectivity index (χ0v) is 29.8. The summed E-state index contributed by atoms with van der Waals surface area (Å²) in [5.41, 5.74) is 6.01. The lowest BCUT2D eigenvalue weighted by molar-refractivity contribution is -0.135. The van der Waals surface area contributed by atoms with Crippen LogP contribution in [0.2, 0.25) is 0 Å². The highest BCUT2D eigenvalue weighted by atomic mass is 16.5. The third-order valence-corrected chi connectivity index (χ3v) is 10.0. The first-order valence-electron chi connectivity index (χ1n) is 17.5. The Kier molecular flexibility index (Phi) is 10.3. The molecular formula is C38H48N8O4. The van der Waals surface area contributed by atoms with Crippen LogP contribution in [0.4, 0.5) is 9.59 Å². The molecule has 4 amide bonds. The number of methoxy groups -OCH3 is 1. The lowest BCUT2D eigenvalue weighted by Crippen LogP contribution is -2.51. The highest BCUT2D eigenvalue weighted by Crippen LogP contribution is 2.35. The standard InChI is InChI=1S/C38H48N8O4/c1-23(2)33(43-37(48)50-6)36(47)45-19-7-9-31(45)34-39-21-29(41-34)27-15-11-25(12-16-27)26-13-17-28(18-14-26)30-22-40-35(42-30)32-10-8-20-46(32)38(49)44(5)24(3)4/h11-18,21-24,31-33H,7-10,19-20H2,1-6H3,(H,39,41)(H,40,42)(H,43,48)/t31-,32-,33-/m0/s1. The van der Waals surface area contributed by atoms with Gasteiger partial charge in [-0.25, -0.2) is 19.6 Å². The van der Waals surface area contributed by atoms with Gasteiger partial charge in [-0.1, -0.05) is 62.4 Å². The molecule has 0 aliphatic carbocycles. The number of hydrogen-bond acceptors (Lipinski definition) is 6. The summed E-state index contributed by atoms with van der Waals surface area (Å²) in [4.78, 5) is 60.3. The van der Waals surface area contributed by atoms with Crippen LogP contribution in [0.1, 0.15) is 77.1 Å². The SMILES string of the molecule is COC(=O)N[C@H](C(=O)N1CCC[C@H]1c1ncc(-c2ccc(-c3ccc(-c4cnc([C@@H]5CCCN5C(=O)N(C)C(C)C)[nH]4)cc3)cc2)[nH]1)C(C)C. The van der Waals surface area contributed by atoms with Gasteiger partial charge in [0.2, 0.25) is 5.91 Å². The molecule has 0 radical (unpaired) electrons. The van der Waals surface area contributed by atoms with E-state index in [1.54, 1.807) is 4.90 Å². The number of ether oxygens (including phenoxy) is 1. The minimum Gasteiger partial charge on any atom is -0.453 e. The molecule has 4 aromatic rings. The highest BCUT2D eigenvalue weighted by molar-refractivity contribution is 5.86. The van der Waals surface area contributed by atoms with Crippen molar-refractivity contribution in [3.05, 3.63) is 72.6 Å². The third kappa shape index (κ3) is 7.10. The predicted octanol–water partition coefficient (Wildman–Crippen LogP) is 6.78. The molecule has 4 heterocycles. The van der Waals surface area contributed by atoms with Crippen molar-refractivity contribution < 1.29 is 19.1 Å². The summed E-state index contributed by atoms with van der Waals surface area (Å²) < 4.78 is 4.75. The lowest BCUT2D eigenvalue weighted by atomic mass is 10.0. The molecule has 3 atom stereocenters. The Labute approximate surface area is 293 Å². The van der Waals surface area contributed by atoms with Crippen LogP contribution in [0.25, 0.3) is 33.6 Å². The number of imidazole rings is 2. The predicted molar refractivity (Wildman–Crippen MR) is 192 cm³/mol. The molecule has 264 valence electrons. The number of carbonyl (C=O) groups excluding carboxylic acids is 3. The zero-order valence-electron chi connectivity index (χ0n) is 29.8. The number of carbonyl (C=O) groups is 3. The van der Waals surface area contributed by atoms with Crippen molar-refractivity contribution in [2.75, 3.05) is 27.2 Å². The summed E-state index contributed by atoms with van der Waals surface area (Å²) in [6.45, 7) is 9.21. The van der Waals surface area contributed by atoms with Crippen LogP contribution in [0.5, 0.6) is 0 Å². The number of amides is 4. The summed E-state index contributed by atoms with van der Waals surface area (Å²) in [5, 5.41) is 2.70. The van der Waals surface area contributed by atoms with Gasteiger partial charge in [0.1, 0.15) is 17.7 Å². The van der Waals surface area contributed by atoms with Crippen molar-refractivity contribution in [2.45, 2.75) is 77.5 Å². The van der Waals surface area contributed by atoms with E-state index in [1.165, 1.54) is 7.11 Å². The second-order valence-electron chi connectivity index (χ2n) is 13.9. The number of nitrogens with one attached hydrogen (secondary N) is 3. The van der Waals surface area contributed by atoms with Crippen LogP contribution >= 0.6 is 0 Å². The molecule has 0 saturated carbocycles. The summed E-state index contributed by atoms with van der Waals surface area (Å²) in [6.07, 6.45) is 6.57. The second-order valence-corrected chi connectivity index (χ2v) is 13.9. The number of nitrogens with zero attached hydrogens (tertiary/aromatic N) is 5. The highest BCUT2D eigenvalue weighted by Gasteiger charge is 2.38. The first-order valence-corrected chi connectivity index (χ1v) is 17.5. The van der Waals surface area contributed by atoms with Crippen LogP contribution in [0.15, 0.2) is 60.9 Å². The van der Waals surface area contributed by atoms with Gasteiger partial charge in [0.05, 0.1) is 43.0 Å². The first kappa shape index (κ1) is 34.7. The molecule has 12 nitrogen and oxygen atoms in total. The Hall–Kier alpha value is -5.13.